The molecule has 14 heteroatoms. The van der Waals surface area contributed by atoms with Gasteiger partial charge in [0.15, 0.2) is 0 Å². The molecule has 0 aliphatic heterocycles. The fourth-order valence-electron chi connectivity index (χ4n) is 5.08. The van der Waals surface area contributed by atoms with Crippen molar-refractivity contribution in [2.24, 2.45) is 29.0 Å². The molecule has 1 atom stereocenters. The van der Waals surface area contributed by atoms with Gasteiger partial charge in [0.2, 0.25) is 5.91 Å². The number of carboxylic acid groups (broad SMARTS) is 1. The molecular formula is C32H43N7O5S2. The van der Waals surface area contributed by atoms with E-state index in [0.717, 1.165) is 55.3 Å². The maximum Gasteiger partial charge on any atom is 0.338 e. The molecule has 1 aliphatic rings. The first kappa shape index (κ1) is 36.3. The van der Waals surface area contributed by atoms with Crippen molar-refractivity contribution in [1.82, 2.24) is 4.98 Å². The highest BCUT2D eigenvalue weighted by molar-refractivity contribution is 7.18. The van der Waals surface area contributed by atoms with E-state index in [0.29, 0.717) is 40.8 Å². The number of benzene rings is 1. The molecule has 8 N–H and O–H groups in total. The molecule has 0 saturated heterocycles. The summed E-state index contributed by atoms with van der Waals surface area (Å²) in [6, 6.07) is 8.35. The van der Waals surface area contributed by atoms with Crippen LogP contribution in [-0.2, 0) is 9.59 Å². The van der Waals surface area contributed by atoms with Crippen LogP contribution in [0.2, 0.25) is 0 Å². The van der Waals surface area contributed by atoms with E-state index >= 15 is 0 Å². The quantitative estimate of drug-likeness (QED) is 0.0821. The molecule has 1 aliphatic carbocycles. The van der Waals surface area contributed by atoms with Crippen LogP contribution in [0.3, 0.4) is 0 Å². The standard InChI is InChI=1S/C26H29N3O4S2.C6H14N4O/c1-15(2)29(25(31)18-6-4-16(3)5-7-18)21-12-22(35-23(21)26(32)33)17-8-10-19(11-9-17)28-24(30)20-13-34-14-27-20;7-5(4-11)2-1-3-10-6(8)9/h8-16,18H,4-7H2,1-3H3,(H,28,30)(H,32,33);4-5H,1-3,7H2,(H4,8,9,10). The van der Waals surface area contributed by atoms with Crippen LogP contribution in [0.15, 0.2) is 41.2 Å². The number of nitrogens with two attached hydrogens (primary N) is 3. The summed E-state index contributed by atoms with van der Waals surface area (Å²) < 4.78 is 0. The Morgan fingerprint density at radius 3 is 2.37 bits per heavy atom. The minimum absolute atomic E-state index is 0.0150. The molecule has 4 rings (SSSR count). The van der Waals surface area contributed by atoms with E-state index < -0.39 is 5.97 Å². The monoisotopic (exact) mass is 669 g/mol. The number of hydrogen-bond donors (Lipinski definition) is 5. The molecule has 248 valence electrons. The second-order valence-corrected chi connectivity index (χ2v) is 13.4. The zero-order valence-electron chi connectivity index (χ0n) is 26.4. The molecule has 46 heavy (non-hydrogen) atoms. The molecule has 1 aromatic carbocycles. The van der Waals surface area contributed by atoms with Gasteiger partial charge < -0.3 is 30.6 Å². The van der Waals surface area contributed by atoms with Gasteiger partial charge in [-0.1, -0.05) is 19.1 Å². The van der Waals surface area contributed by atoms with Crippen molar-refractivity contribution < 1.29 is 29.3 Å². The van der Waals surface area contributed by atoms with Gasteiger partial charge in [0.05, 0.1) is 34.6 Å². The number of amides is 2. The van der Waals surface area contributed by atoms with Crippen molar-refractivity contribution in [3.05, 3.63) is 51.8 Å². The fourth-order valence-corrected chi connectivity index (χ4v) is 6.60. The average molecular weight is 670 g/mol. The number of rotatable bonds is 12. The van der Waals surface area contributed by atoms with Gasteiger partial charge in [0.1, 0.15) is 12.0 Å². The van der Waals surface area contributed by atoms with Crippen LogP contribution in [0.1, 0.15) is 79.5 Å². The number of hydrogen-bond acceptors (Lipinski definition) is 9. The Hall–Kier alpha value is -4.14. The van der Waals surface area contributed by atoms with Gasteiger partial charge in [-0.2, -0.15) is 0 Å². The number of thiazole rings is 1. The van der Waals surface area contributed by atoms with Crippen molar-refractivity contribution in [3.63, 3.8) is 0 Å². The molecule has 12 nitrogen and oxygen atoms in total. The van der Waals surface area contributed by atoms with E-state index in [1.165, 1.54) is 11.3 Å². The summed E-state index contributed by atoms with van der Waals surface area (Å²) in [7, 11) is 0. The van der Waals surface area contributed by atoms with Gasteiger partial charge in [-0.05, 0) is 82.1 Å². The molecule has 1 fully saturated rings. The van der Waals surface area contributed by atoms with E-state index in [9.17, 15) is 24.3 Å². The number of nitrogens with one attached hydrogen (secondary N) is 2. The topological polar surface area (TPSA) is 212 Å². The highest BCUT2D eigenvalue weighted by Gasteiger charge is 2.32. The summed E-state index contributed by atoms with van der Waals surface area (Å²) >= 11 is 2.44. The molecule has 2 amide bonds. The summed E-state index contributed by atoms with van der Waals surface area (Å²) in [6.07, 6.45) is 5.85. The molecule has 2 aromatic heterocycles. The van der Waals surface area contributed by atoms with Crippen molar-refractivity contribution in [2.45, 2.75) is 71.4 Å². The highest BCUT2D eigenvalue weighted by Crippen LogP contribution is 2.40. The summed E-state index contributed by atoms with van der Waals surface area (Å²) in [4.78, 5) is 56.9. The number of aromatic nitrogens is 1. The number of carbonyl (C=O) groups is 4. The Morgan fingerprint density at radius 1 is 1.15 bits per heavy atom. The van der Waals surface area contributed by atoms with Crippen LogP contribution in [-0.4, -0.2) is 53.6 Å². The summed E-state index contributed by atoms with van der Waals surface area (Å²) in [5.74, 6) is -0.873. The lowest BCUT2D eigenvalue weighted by molar-refractivity contribution is -0.459. The van der Waals surface area contributed by atoms with Crippen molar-refractivity contribution in [2.75, 3.05) is 16.8 Å². The number of carboxylic acids is 1. The minimum atomic E-state index is -1.29. The molecule has 0 spiro atoms. The fraction of sp³-hybridized carbons (Fsp3) is 0.438. The maximum absolute atomic E-state index is 13.5. The van der Waals surface area contributed by atoms with Crippen LogP contribution < -0.4 is 37.5 Å². The summed E-state index contributed by atoms with van der Waals surface area (Å²) in [5, 5.41) is 16.5. The molecule has 1 unspecified atom stereocenters. The first-order valence-corrected chi connectivity index (χ1v) is 17.0. The Bertz CT molecular complexity index is 1480. The lowest BCUT2D eigenvalue weighted by Gasteiger charge is -2.33. The second kappa shape index (κ2) is 17.5. The third kappa shape index (κ3) is 10.5. The van der Waals surface area contributed by atoms with Gasteiger partial charge in [-0.15, -0.1) is 22.7 Å². The number of nitrogens with zero attached hydrogens (tertiary/aromatic N) is 2. The zero-order valence-corrected chi connectivity index (χ0v) is 28.0. The number of anilines is 2. The van der Waals surface area contributed by atoms with E-state index in [-0.39, 0.29) is 40.7 Å². The van der Waals surface area contributed by atoms with Crippen molar-refractivity contribution >= 4 is 64.1 Å². The zero-order chi connectivity index (χ0) is 33.8. The summed E-state index contributed by atoms with van der Waals surface area (Å²) in [6.45, 7) is 6.67. The third-order valence-electron chi connectivity index (χ3n) is 7.59. The van der Waals surface area contributed by atoms with Crippen LogP contribution in [0, 0.1) is 11.8 Å². The molecule has 0 radical (unpaired) electrons. The first-order chi connectivity index (χ1) is 21.9. The number of guanidine groups is 1. The Labute approximate surface area is 277 Å². The third-order valence-corrected chi connectivity index (χ3v) is 9.33. The number of aldehydes is 1. The van der Waals surface area contributed by atoms with Crippen molar-refractivity contribution in [3.8, 4) is 10.4 Å². The normalized spacial score (nSPS) is 16.5. The minimum Gasteiger partial charge on any atom is -0.544 e. The Morgan fingerprint density at radius 2 is 1.83 bits per heavy atom. The van der Waals surface area contributed by atoms with Gasteiger partial charge in [0.25, 0.3) is 5.91 Å². The molecule has 0 bridgehead atoms. The number of aromatic carboxylic acids is 1. The van der Waals surface area contributed by atoms with Crippen LogP contribution in [0.5, 0.6) is 0 Å². The van der Waals surface area contributed by atoms with Crippen LogP contribution in [0.25, 0.3) is 10.4 Å². The smallest absolute Gasteiger partial charge is 0.338 e. The predicted molar refractivity (Wildman–Crippen MR) is 180 cm³/mol. The van der Waals surface area contributed by atoms with E-state index in [1.54, 1.807) is 34.0 Å². The lowest BCUT2D eigenvalue weighted by atomic mass is 9.82. The SMILES string of the molecule is CC1CCC(C(=O)N(c2cc(-c3ccc(NC(=O)c4cscn4)cc3)sc2C(=O)[O-])C(C)C)CC1.NC(N)=[NH+]CCCC(N)C=O. The van der Waals surface area contributed by atoms with E-state index in [2.05, 4.69) is 22.2 Å². The molecule has 1 saturated carbocycles. The van der Waals surface area contributed by atoms with Crippen LogP contribution in [0.4, 0.5) is 11.4 Å². The van der Waals surface area contributed by atoms with E-state index in [4.69, 9.17) is 17.2 Å². The number of thiophene rings is 1. The lowest BCUT2D eigenvalue weighted by Crippen LogP contribution is -2.78. The van der Waals surface area contributed by atoms with Crippen LogP contribution >= 0.6 is 22.7 Å². The Balaban J connectivity index is 0.000000449. The first-order valence-electron chi connectivity index (χ1n) is 15.2. The maximum atomic E-state index is 13.5. The van der Waals surface area contributed by atoms with Gasteiger partial charge in [-0.3, -0.25) is 26.0 Å². The highest BCUT2D eigenvalue weighted by atomic mass is 32.1. The molecule has 3 aromatic rings. The predicted octanol–water partition coefficient (Wildman–Crippen LogP) is 1.70. The molecule has 2 heterocycles. The second-order valence-electron chi connectivity index (χ2n) is 11.6. The van der Waals surface area contributed by atoms with Gasteiger partial charge in [-0.25, -0.2) is 4.98 Å². The van der Waals surface area contributed by atoms with E-state index in [1.807, 2.05) is 26.0 Å². The van der Waals surface area contributed by atoms with Gasteiger partial charge in [0, 0.05) is 27.9 Å². The average Bonchev–Trinajstić information content (AvgIpc) is 3.72. The van der Waals surface area contributed by atoms with Crippen molar-refractivity contribution in [1.29, 1.82) is 0 Å². The Kier molecular flexibility index (Phi) is 13.8. The van der Waals surface area contributed by atoms with Gasteiger partial charge >= 0.3 is 5.96 Å². The summed E-state index contributed by atoms with van der Waals surface area (Å²) in [5.41, 5.74) is 19.3. The molecular weight excluding hydrogens is 627 g/mol. The largest absolute Gasteiger partial charge is 0.544 e. The number of carbonyl (C=O) groups excluding carboxylic acids is 4.